The summed E-state index contributed by atoms with van der Waals surface area (Å²) in [6, 6.07) is 21.2. The zero-order chi connectivity index (χ0) is 23.0. The lowest BCUT2D eigenvalue weighted by Crippen LogP contribution is -2.25. The molecule has 1 aliphatic rings. The van der Waals surface area contributed by atoms with Crippen molar-refractivity contribution in [2.75, 3.05) is 0 Å². The minimum absolute atomic E-state index is 0.118. The lowest BCUT2D eigenvalue weighted by Gasteiger charge is -2.29. The third-order valence-corrected chi connectivity index (χ3v) is 6.27. The predicted octanol–water partition coefficient (Wildman–Crippen LogP) is 7.50. The summed E-state index contributed by atoms with van der Waals surface area (Å²) in [5, 5.41) is 9.41. The van der Waals surface area contributed by atoms with Crippen LogP contribution in [0.5, 0.6) is 0 Å². The Labute approximate surface area is 192 Å². The van der Waals surface area contributed by atoms with E-state index in [9.17, 15) is 5.41 Å². The van der Waals surface area contributed by atoms with Crippen LogP contribution in [0, 0.1) is 33.1 Å². The molecule has 0 amide bonds. The maximum atomic E-state index is 9.41. The minimum Gasteiger partial charge on any atom is -0.298 e. The highest BCUT2D eigenvalue weighted by Crippen LogP contribution is 2.37. The molecular formula is C30H32N2. The smallest absolute Gasteiger partial charge is 0.0965 e. The summed E-state index contributed by atoms with van der Waals surface area (Å²) in [6.45, 7) is 13.1. The molecule has 0 fully saturated rings. The van der Waals surface area contributed by atoms with Gasteiger partial charge in [0.05, 0.1) is 17.1 Å². The molecule has 1 aliphatic heterocycles. The topological polar surface area (TPSA) is 36.2 Å². The maximum absolute atomic E-state index is 9.41. The summed E-state index contributed by atoms with van der Waals surface area (Å²) in [4.78, 5) is 5.18. The van der Waals surface area contributed by atoms with Crippen LogP contribution < -0.4 is 0 Å². The lowest BCUT2D eigenvalue weighted by molar-refractivity contribution is 0.530. The molecule has 3 aromatic carbocycles. The van der Waals surface area contributed by atoms with E-state index in [-0.39, 0.29) is 5.41 Å². The molecule has 0 aromatic heterocycles. The van der Waals surface area contributed by atoms with Gasteiger partial charge in [-0.3, -0.25) is 5.41 Å². The Kier molecular flexibility index (Phi) is 5.73. The highest BCUT2D eigenvalue weighted by molar-refractivity contribution is 6.53. The number of aliphatic imine (C=N–C) groups is 1. The number of nitrogens with zero attached hydrogens (tertiary/aromatic N) is 1. The third-order valence-electron chi connectivity index (χ3n) is 6.27. The van der Waals surface area contributed by atoms with E-state index in [0.717, 1.165) is 34.5 Å². The standard InChI is InChI=1S/C30H32N2/c1-19-14-20(2)17-24(16-19)29-28(31)25-18-21(3)15-22(4)27(25)30(5,6)13-12-26(32-29)23-10-8-7-9-11-23/h7-12,14-18,31H,13H2,1-6H3/b26-12-,31-28?,32-29?. The van der Waals surface area contributed by atoms with Gasteiger partial charge < -0.3 is 0 Å². The van der Waals surface area contributed by atoms with Crippen LogP contribution in [-0.2, 0) is 5.41 Å². The number of nitrogens with one attached hydrogen (secondary N) is 1. The van der Waals surface area contributed by atoms with Crippen molar-refractivity contribution in [3.8, 4) is 0 Å². The summed E-state index contributed by atoms with van der Waals surface area (Å²) in [7, 11) is 0. The number of rotatable bonds is 2. The quantitative estimate of drug-likeness (QED) is 0.445. The molecule has 0 saturated carbocycles. The molecule has 4 rings (SSSR count). The number of allylic oxidation sites excluding steroid dienone is 1. The van der Waals surface area contributed by atoms with Crippen molar-refractivity contribution < 1.29 is 0 Å². The Bertz CT molecular complexity index is 1240. The average molecular weight is 421 g/mol. The Morgan fingerprint density at radius 3 is 2.06 bits per heavy atom. The van der Waals surface area contributed by atoms with Crippen molar-refractivity contribution >= 4 is 17.1 Å². The number of benzene rings is 3. The average Bonchev–Trinajstić information content (AvgIpc) is 2.76. The Hall–Kier alpha value is -3.26. The van der Waals surface area contributed by atoms with E-state index in [1.807, 2.05) is 18.2 Å². The summed E-state index contributed by atoms with van der Waals surface area (Å²) >= 11 is 0. The van der Waals surface area contributed by atoms with Gasteiger partial charge >= 0.3 is 0 Å². The highest BCUT2D eigenvalue weighted by Gasteiger charge is 2.30. The van der Waals surface area contributed by atoms with Crippen LogP contribution in [0.3, 0.4) is 0 Å². The van der Waals surface area contributed by atoms with Crippen molar-refractivity contribution in [3.05, 3.63) is 111 Å². The van der Waals surface area contributed by atoms with E-state index in [1.54, 1.807) is 0 Å². The zero-order valence-corrected chi connectivity index (χ0v) is 20.0. The summed E-state index contributed by atoms with van der Waals surface area (Å²) in [5.74, 6) is 0. The molecule has 0 unspecified atom stereocenters. The van der Waals surface area contributed by atoms with Gasteiger partial charge in [0.1, 0.15) is 0 Å². The number of hydrogen-bond acceptors (Lipinski definition) is 2. The van der Waals surface area contributed by atoms with E-state index < -0.39 is 0 Å². The van der Waals surface area contributed by atoms with Crippen molar-refractivity contribution in [1.29, 1.82) is 5.41 Å². The van der Waals surface area contributed by atoms with E-state index in [2.05, 4.69) is 90.1 Å². The Morgan fingerprint density at radius 1 is 0.781 bits per heavy atom. The molecule has 0 spiro atoms. The molecule has 1 heterocycles. The fourth-order valence-corrected chi connectivity index (χ4v) is 4.98. The van der Waals surface area contributed by atoms with Gasteiger partial charge in [-0.15, -0.1) is 0 Å². The molecule has 0 saturated heterocycles. The normalized spacial score (nSPS) is 17.4. The van der Waals surface area contributed by atoms with E-state index in [4.69, 9.17) is 4.99 Å². The van der Waals surface area contributed by atoms with Gasteiger partial charge in [0, 0.05) is 11.1 Å². The predicted molar refractivity (Wildman–Crippen MR) is 137 cm³/mol. The first-order chi connectivity index (χ1) is 15.2. The minimum atomic E-state index is -0.118. The molecular weight excluding hydrogens is 388 g/mol. The van der Waals surface area contributed by atoms with Gasteiger partial charge in [-0.25, -0.2) is 4.99 Å². The number of hydrogen-bond donors (Lipinski definition) is 1. The maximum Gasteiger partial charge on any atom is 0.0965 e. The van der Waals surface area contributed by atoms with Crippen molar-refractivity contribution in [2.45, 2.75) is 53.4 Å². The first-order valence-electron chi connectivity index (χ1n) is 11.3. The number of aryl methyl sites for hydroxylation is 4. The molecule has 1 N–H and O–H groups in total. The van der Waals surface area contributed by atoms with Crippen molar-refractivity contribution in [2.24, 2.45) is 4.99 Å². The fraction of sp³-hybridized carbons (Fsp3) is 0.267. The second kappa shape index (κ2) is 8.35. The van der Waals surface area contributed by atoms with E-state index >= 15 is 0 Å². The lowest BCUT2D eigenvalue weighted by atomic mass is 9.74. The van der Waals surface area contributed by atoms with Crippen molar-refractivity contribution in [1.82, 2.24) is 0 Å². The van der Waals surface area contributed by atoms with Crippen LogP contribution in [0.25, 0.3) is 5.70 Å². The third kappa shape index (κ3) is 4.23. The van der Waals surface area contributed by atoms with Gasteiger partial charge in [-0.05, 0) is 74.4 Å². The summed E-state index contributed by atoms with van der Waals surface area (Å²) in [5.41, 5.74) is 11.1. The number of fused-ring (bicyclic) bond motifs is 1. The highest BCUT2D eigenvalue weighted by atomic mass is 14.8. The molecule has 2 heteroatoms. The molecule has 0 aliphatic carbocycles. The SMILES string of the molecule is Cc1cc(C)cc(C2=N/C(c3ccccc3)=C\CC(C)(C)c3c(C)cc(C)cc3C2=N)c1. The van der Waals surface area contributed by atoms with Gasteiger partial charge in [0.15, 0.2) is 0 Å². The Balaban J connectivity index is 2.05. The van der Waals surface area contributed by atoms with Gasteiger partial charge in [-0.1, -0.05) is 79.1 Å². The van der Waals surface area contributed by atoms with Crippen LogP contribution in [-0.4, -0.2) is 11.4 Å². The monoisotopic (exact) mass is 420 g/mol. The Morgan fingerprint density at radius 2 is 1.41 bits per heavy atom. The van der Waals surface area contributed by atoms with Gasteiger partial charge in [-0.2, -0.15) is 0 Å². The molecule has 162 valence electrons. The summed E-state index contributed by atoms with van der Waals surface area (Å²) in [6.07, 6.45) is 3.10. The van der Waals surface area contributed by atoms with Crippen LogP contribution in [0.4, 0.5) is 0 Å². The second-order valence-corrected chi connectivity index (χ2v) is 9.76. The fourth-order valence-electron chi connectivity index (χ4n) is 4.98. The second-order valence-electron chi connectivity index (χ2n) is 9.76. The molecule has 0 bridgehead atoms. The summed E-state index contributed by atoms with van der Waals surface area (Å²) < 4.78 is 0. The van der Waals surface area contributed by atoms with E-state index in [0.29, 0.717) is 5.71 Å². The van der Waals surface area contributed by atoms with Crippen LogP contribution in [0.15, 0.2) is 71.7 Å². The largest absolute Gasteiger partial charge is 0.298 e. The van der Waals surface area contributed by atoms with Crippen LogP contribution >= 0.6 is 0 Å². The first kappa shape index (κ1) is 22.0. The van der Waals surface area contributed by atoms with Gasteiger partial charge in [0.25, 0.3) is 0 Å². The van der Waals surface area contributed by atoms with Crippen LogP contribution in [0.2, 0.25) is 0 Å². The molecule has 0 atom stereocenters. The van der Waals surface area contributed by atoms with Crippen molar-refractivity contribution in [3.63, 3.8) is 0 Å². The first-order valence-corrected chi connectivity index (χ1v) is 11.3. The molecule has 3 aromatic rings. The van der Waals surface area contributed by atoms with Gasteiger partial charge in [0.2, 0.25) is 0 Å². The molecule has 0 radical (unpaired) electrons. The molecule has 2 nitrogen and oxygen atoms in total. The molecule has 32 heavy (non-hydrogen) atoms. The zero-order valence-electron chi connectivity index (χ0n) is 20.0. The van der Waals surface area contributed by atoms with E-state index in [1.165, 1.54) is 27.8 Å². The van der Waals surface area contributed by atoms with Crippen LogP contribution in [0.1, 0.15) is 64.8 Å².